The largest absolute Gasteiger partial charge is 0.456 e. The third-order valence-corrected chi connectivity index (χ3v) is 6.46. The van der Waals surface area contributed by atoms with Crippen molar-refractivity contribution in [2.75, 3.05) is 0 Å². The van der Waals surface area contributed by atoms with Crippen molar-refractivity contribution in [3.05, 3.63) is 102 Å². The lowest BCUT2D eigenvalue weighted by atomic mass is 9.92. The first-order valence-electron chi connectivity index (χ1n) is 10.3. The first kappa shape index (κ1) is 17.0. The van der Waals surface area contributed by atoms with Gasteiger partial charge in [-0.2, -0.15) is 0 Å². The Morgan fingerprint density at radius 3 is 2.29 bits per heavy atom. The topological polar surface area (TPSA) is 14.2 Å². The SMILES string of the molecule is Clc1ccc2c(c1)c1c3cccc4c3c(cc1n2-c1ccccc1)Oc1ccccc1-4. The summed E-state index contributed by atoms with van der Waals surface area (Å²) in [5.74, 6) is 1.79. The molecule has 0 bridgehead atoms. The van der Waals surface area contributed by atoms with Crippen LogP contribution in [0.2, 0.25) is 5.02 Å². The molecule has 0 spiro atoms. The molecule has 0 atom stereocenters. The lowest BCUT2D eigenvalue weighted by molar-refractivity contribution is 0.487. The van der Waals surface area contributed by atoms with Crippen LogP contribution >= 0.6 is 11.6 Å². The van der Waals surface area contributed by atoms with Crippen molar-refractivity contribution in [1.29, 1.82) is 0 Å². The zero-order valence-corrected chi connectivity index (χ0v) is 17.2. The molecule has 0 amide bonds. The first-order valence-corrected chi connectivity index (χ1v) is 10.7. The molecule has 0 unspecified atom stereocenters. The third-order valence-electron chi connectivity index (χ3n) is 6.23. The summed E-state index contributed by atoms with van der Waals surface area (Å²) >= 11 is 6.46. The maximum Gasteiger partial charge on any atom is 0.138 e. The highest BCUT2D eigenvalue weighted by Crippen LogP contribution is 2.50. The second-order valence-electron chi connectivity index (χ2n) is 7.93. The summed E-state index contributed by atoms with van der Waals surface area (Å²) in [6.45, 7) is 0. The van der Waals surface area contributed by atoms with Crippen LogP contribution in [0, 0.1) is 0 Å². The molecule has 1 aliphatic heterocycles. The quantitative estimate of drug-likeness (QED) is 0.261. The molecule has 0 N–H and O–H groups in total. The number of ether oxygens (including phenoxy) is 1. The molecule has 6 aromatic rings. The second kappa shape index (κ2) is 6.13. The third kappa shape index (κ3) is 2.28. The minimum absolute atomic E-state index is 0.738. The van der Waals surface area contributed by atoms with E-state index in [0.717, 1.165) is 49.6 Å². The summed E-state index contributed by atoms with van der Waals surface area (Å²) in [5, 5.41) is 5.42. The fourth-order valence-corrected chi connectivity index (χ4v) is 5.15. The Balaban J connectivity index is 1.73. The van der Waals surface area contributed by atoms with Crippen LogP contribution in [-0.2, 0) is 0 Å². The van der Waals surface area contributed by atoms with Crippen LogP contribution in [0.4, 0.5) is 0 Å². The highest BCUT2D eigenvalue weighted by atomic mass is 35.5. The average Bonchev–Trinajstić information content (AvgIpc) is 3.13. The first-order chi connectivity index (χ1) is 15.3. The lowest BCUT2D eigenvalue weighted by Crippen LogP contribution is -1.98. The molecule has 146 valence electrons. The number of nitrogens with zero attached hydrogens (tertiary/aromatic N) is 1. The van der Waals surface area contributed by atoms with Gasteiger partial charge in [0.05, 0.1) is 11.0 Å². The predicted octanol–water partition coefficient (Wildman–Crippen LogP) is 8.36. The highest BCUT2D eigenvalue weighted by molar-refractivity contribution is 6.33. The van der Waals surface area contributed by atoms with E-state index in [1.165, 1.54) is 16.3 Å². The molecule has 2 nitrogen and oxygen atoms in total. The van der Waals surface area contributed by atoms with Crippen molar-refractivity contribution >= 4 is 44.2 Å². The van der Waals surface area contributed by atoms with Gasteiger partial charge in [-0.15, -0.1) is 0 Å². The van der Waals surface area contributed by atoms with E-state index >= 15 is 0 Å². The Morgan fingerprint density at radius 1 is 0.581 bits per heavy atom. The van der Waals surface area contributed by atoms with Crippen LogP contribution in [0.5, 0.6) is 11.5 Å². The standard InChI is InChI=1S/C28H16ClNO/c29-17-13-14-23-22(15-17)27-21-11-6-10-20-19-9-4-5-12-25(19)31-26(28(20)21)16-24(27)30(23)18-7-2-1-3-8-18/h1-16H. The summed E-state index contributed by atoms with van der Waals surface area (Å²) < 4.78 is 8.73. The van der Waals surface area contributed by atoms with Gasteiger partial charge in [0.15, 0.2) is 0 Å². The van der Waals surface area contributed by atoms with Gasteiger partial charge in [0, 0.05) is 38.5 Å². The van der Waals surface area contributed by atoms with Crippen LogP contribution in [0.3, 0.4) is 0 Å². The molecule has 2 heterocycles. The molecule has 1 aliphatic rings. The summed E-state index contributed by atoms with van der Waals surface area (Å²) in [6.07, 6.45) is 0. The number of benzene rings is 5. The van der Waals surface area contributed by atoms with Crippen LogP contribution in [0.25, 0.3) is 49.4 Å². The van der Waals surface area contributed by atoms with E-state index in [1.807, 2.05) is 24.3 Å². The Labute approximate surface area is 183 Å². The number of fused-ring (bicyclic) bond motifs is 6. The summed E-state index contributed by atoms with van der Waals surface area (Å²) in [5.41, 5.74) is 5.70. The van der Waals surface area contributed by atoms with E-state index in [0.29, 0.717) is 0 Å². The molecule has 31 heavy (non-hydrogen) atoms. The molecule has 0 aliphatic carbocycles. The number of rotatable bonds is 1. The van der Waals surface area contributed by atoms with Crippen LogP contribution in [-0.4, -0.2) is 4.57 Å². The van der Waals surface area contributed by atoms with Gasteiger partial charge in [-0.3, -0.25) is 0 Å². The van der Waals surface area contributed by atoms with Gasteiger partial charge in [-0.25, -0.2) is 0 Å². The van der Waals surface area contributed by atoms with Gasteiger partial charge < -0.3 is 9.30 Å². The van der Waals surface area contributed by atoms with Crippen molar-refractivity contribution in [2.45, 2.75) is 0 Å². The zero-order valence-electron chi connectivity index (χ0n) is 16.5. The molecule has 0 saturated carbocycles. The number of hydrogen-bond donors (Lipinski definition) is 0. The Bertz CT molecular complexity index is 1660. The summed E-state index contributed by atoms with van der Waals surface area (Å²) in [4.78, 5) is 0. The van der Waals surface area contributed by atoms with Crippen molar-refractivity contribution in [3.63, 3.8) is 0 Å². The Hall–Kier alpha value is -3.75. The number of para-hydroxylation sites is 2. The molecule has 1 aromatic heterocycles. The van der Waals surface area contributed by atoms with E-state index in [-0.39, 0.29) is 0 Å². The molecule has 0 saturated heterocycles. The molecular formula is C28H16ClNO. The maximum atomic E-state index is 6.46. The molecule has 0 fully saturated rings. The highest BCUT2D eigenvalue weighted by Gasteiger charge is 2.24. The van der Waals surface area contributed by atoms with E-state index in [1.54, 1.807) is 0 Å². The van der Waals surface area contributed by atoms with E-state index in [2.05, 4.69) is 77.4 Å². The van der Waals surface area contributed by atoms with Crippen LogP contribution in [0.1, 0.15) is 0 Å². The van der Waals surface area contributed by atoms with Crippen molar-refractivity contribution in [2.24, 2.45) is 0 Å². The molecule has 0 radical (unpaired) electrons. The van der Waals surface area contributed by atoms with Gasteiger partial charge in [0.25, 0.3) is 0 Å². The molecule has 7 rings (SSSR count). The van der Waals surface area contributed by atoms with Crippen molar-refractivity contribution < 1.29 is 4.74 Å². The average molecular weight is 418 g/mol. The van der Waals surface area contributed by atoms with E-state index in [4.69, 9.17) is 16.3 Å². The zero-order chi connectivity index (χ0) is 20.5. The maximum absolute atomic E-state index is 6.46. The smallest absolute Gasteiger partial charge is 0.138 e. The predicted molar refractivity (Wildman–Crippen MR) is 129 cm³/mol. The fraction of sp³-hybridized carbons (Fsp3) is 0. The van der Waals surface area contributed by atoms with E-state index in [9.17, 15) is 0 Å². The minimum Gasteiger partial charge on any atom is -0.456 e. The van der Waals surface area contributed by atoms with E-state index < -0.39 is 0 Å². The molecule has 5 aromatic carbocycles. The Morgan fingerprint density at radius 2 is 1.39 bits per heavy atom. The normalized spacial score (nSPS) is 12.3. The van der Waals surface area contributed by atoms with Gasteiger partial charge in [0.2, 0.25) is 0 Å². The Kier molecular flexibility index (Phi) is 3.36. The number of aromatic nitrogens is 1. The second-order valence-corrected chi connectivity index (χ2v) is 8.36. The number of hydrogen-bond acceptors (Lipinski definition) is 1. The summed E-state index contributed by atoms with van der Waals surface area (Å²) in [7, 11) is 0. The lowest BCUT2D eigenvalue weighted by Gasteiger charge is -2.22. The summed E-state index contributed by atoms with van der Waals surface area (Å²) in [6, 6.07) is 33.5. The van der Waals surface area contributed by atoms with Crippen molar-refractivity contribution in [1.82, 2.24) is 4.57 Å². The number of halogens is 1. The van der Waals surface area contributed by atoms with Crippen LogP contribution in [0.15, 0.2) is 97.1 Å². The van der Waals surface area contributed by atoms with Gasteiger partial charge in [0.1, 0.15) is 11.5 Å². The molecule has 3 heteroatoms. The minimum atomic E-state index is 0.738. The van der Waals surface area contributed by atoms with Gasteiger partial charge >= 0.3 is 0 Å². The monoisotopic (exact) mass is 417 g/mol. The van der Waals surface area contributed by atoms with Crippen LogP contribution < -0.4 is 4.74 Å². The van der Waals surface area contributed by atoms with Crippen molar-refractivity contribution in [3.8, 4) is 28.3 Å². The fourth-order valence-electron chi connectivity index (χ4n) is 4.98. The van der Waals surface area contributed by atoms with Gasteiger partial charge in [-0.05, 0) is 47.3 Å². The van der Waals surface area contributed by atoms with Gasteiger partial charge in [-0.1, -0.05) is 66.2 Å². The molecular weight excluding hydrogens is 402 g/mol.